The first-order valence-electron chi connectivity index (χ1n) is 12.7. The number of pyridine rings is 1. The van der Waals surface area contributed by atoms with E-state index in [1.807, 2.05) is 6.92 Å². The van der Waals surface area contributed by atoms with E-state index in [1.165, 1.54) is 41.4 Å². The molecule has 1 N–H and O–H groups in total. The Kier molecular flexibility index (Phi) is 9.23. The number of alkyl halides is 3. The van der Waals surface area contributed by atoms with Gasteiger partial charge in [0.15, 0.2) is 11.5 Å². The molecule has 42 heavy (non-hydrogen) atoms. The van der Waals surface area contributed by atoms with Crippen LogP contribution in [0.15, 0.2) is 48.8 Å². The Morgan fingerprint density at radius 1 is 1.02 bits per heavy atom. The Morgan fingerprint density at radius 3 is 2.38 bits per heavy atom. The summed E-state index contributed by atoms with van der Waals surface area (Å²) in [4.78, 5) is 32.6. The van der Waals surface area contributed by atoms with Crippen LogP contribution in [0.5, 0.6) is 5.75 Å². The summed E-state index contributed by atoms with van der Waals surface area (Å²) in [7, 11) is -4.52. The minimum absolute atomic E-state index is 0.180. The molecule has 1 aliphatic rings. The fraction of sp³-hybridized carbons (Fsp3) is 0.346. The fourth-order valence-electron chi connectivity index (χ4n) is 4.12. The number of hydrogen-bond acceptors (Lipinski definition) is 9. The van der Waals surface area contributed by atoms with Crippen LogP contribution in [0, 0.1) is 5.82 Å². The van der Waals surface area contributed by atoms with E-state index in [4.69, 9.17) is 4.74 Å². The number of aromatic nitrogens is 3. The molecule has 1 fully saturated rings. The van der Waals surface area contributed by atoms with E-state index in [0.29, 0.717) is 36.8 Å². The van der Waals surface area contributed by atoms with Crippen molar-refractivity contribution >= 4 is 27.7 Å². The van der Waals surface area contributed by atoms with Gasteiger partial charge >= 0.3 is 6.18 Å². The van der Waals surface area contributed by atoms with E-state index in [0.717, 1.165) is 0 Å². The molecule has 3 heterocycles. The first-order valence-corrected chi connectivity index (χ1v) is 14.4. The van der Waals surface area contributed by atoms with Gasteiger partial charge in [-0.3, -0.25) is 14.6 Å². The van der Waals surface area contributed by atoms with Crippen LogP contribution in [0.4, 0.5) is 23.4 Å². The monoisotopic (exact) mass is 610 g/mol. The molecule has 1 saturated heterocycles. The number of anilines is 1. The molecule has 224 valence electrons. The molecule has 1 aromatic carbocycles. The second-order valence-electron chi connectivity index (χ2n) is 9.21. The molecule has 2 amide bonds. The lowest BCUT2D eigenvalue weighted by atomic mass is 10.0. The number of benzene rings is 1. The maximum Gasteiger partial charge on any atom is 0.390 e. The van der Waals surface area contributed by atoms with Crippen molar-refractivity contribution < 1.29 is 40.3 Å². The van der Waals surface area contributed by atoms with Gasteiger partial charge in [0.1, 0.15) is 11.6 Å². The summed E-state index contributed by atoms with van der Waals surface area (Å²) < 4.78 is 82.3. The van der Waals surface area contributed by atoms with Gasteiger partial charge in [-0.25, -0.2) is 17.5 Å². The highest BCUT2D eigenvalue weighted by molar-refractivity contribution is 7.90. The number of nitrogens with zero attached hydrogens (tertiary/aromatic N) is 5. The Hall–Kier alpha value is -4.34. The van der Waals surface area contributed by atoms with Gasteiger partial charge in [-0.2, -0.15) is 13.2 Å². The third-order valence-corrected chi connectivity index (χ3v) is 7.47. The number of hydrogen-bond donors (Lipinski definition) is 1. The van der Waals surface area contributed by atoms with Gasteiger partial charge in [-0.15, -0.1) is 10.2 Å². The number of carbonyl (C=O) groups excluding carboxylic acids is 2. The molecule has 11 nitrogen and oxygen atoms in total. The summed E-state index contributed by atoms with van der Waals surface area (Å²) in [5.41, 5.74) is 0.576. The molecule has 0 spiro atoms. The maximum absolute atomic E-state index is 15.0. The van der Waals surface area contributed by atoms with Crippen molar-refractivity contribution in [3.05, 3.63) is 65.9 Å². The molecule has 0 radical (unpaired) electrons. The van der Waals surface area contributed by atoms with Gasteiger partial charge in [-0.1, -0.05) is 6.07 Å². The van der Waals surface area contributed by atoms with Crippen LogP contribution in [0.1, 0.15) is 34.2 Å². The van der Waals surface area contributed by atoms with E-state index >= 15 is 0 Å². The molecule has 0 aliphatic carbocycles. The number of ether oxygens (including phenoxy) is 1. The quantitative estimate of drug-likeness (QED) is 0.363. The molecule has 0 saturated carbocycles. The molecular weight excluding hydrogens is 584 g/mol. The summed E-state index contributed by atoms with van der Waals surface area (Å²) in [5.74, 6) is -2.59. The molecule has 2 aromatic heterocycles. The molecule has 3 aromatic rings. The molecule has 0 atom stereocenters. The molecule has 16 heteroatoms. The van der Waals surface area contributed by atoms with Crippen molar-refractivity contribution in [1.82, 2.24) is 24.8 Å². The van der Waals surface area contributed by atoms with E-state index in [2.05, 4.69) is 15.2 Å². The first-order chi connectivity index (χ1) is 19.8. The van der Waals surface area contributed by atoms with Gasteiger partial charge in [0.2, 0.25) is 10.0 Å². The summed E-state index contributed by atoms with van der Waals surface area (Å²) >= 11 is 0. The van der Waals surface area contributed by atoms with Crippen molar-refractivity contribution in [3.8, 4) is 16.9 Å². The average molecular weight is 611 g/mol. The Morgan fingerprint density at radius 2 is 1.76 bits per heavy atom. The summed E-state index contributed by atoms with van der Waals surface area (Å²) in [6.07, 6.45) is -3.26. The minimum Gasteiger partial charge on any atom is -0.492 e. The minimum atomic E-state index is -4.69. The van der Waals surface area contributed by atoms with Crippen molar-refractivity contribution in [2.24, 2.45) is 0 Å². The van der Waals surface area contributed by atoms with Crippen molar-refractivity contribution in [1.29, 1.82) is 0 Å². The molecular formula is C26H26F4N6O5S. The molecule has 0 unspecified atom stereocenters. The smallest absolute Gasteiger partial charge is 0.390 e. The first kappa shape index (κ1) is 30.6. The third kappa shape index (κ3) is 7.90. The number of rotatable bonds is 9. The topological polar surface area (TPSA) is 135 Å². The Balaban J connectivity index is 1.33. The standard InChI is InChI=1S/C26H26F4N6O5S/c1-2-41-19-13-18(15-31-16-19)20-4-3-17(14-21(20)27)25(38)36-10-8-35(9-11-36)23-6-5-22(32-33-23)24(37)34-42(39,40)12-7-26(28,29)30/h3-6,13-16H,2,7-12H2,1H3,(H,34,37). The summed E-state index contributed by atoms with van der Waals surface area (Å²) in [6.45, 7) is 3.51. The zero-order valence-electron chi connectivity index (χ0n) is 22.3. The normalized spacial score (nSPS) is 14.0. The van der Waals surface area contributed by atoms with Crippen LogP contribution in [0.3, 0.4) is 0 Å². The van der Waals surface area contributed by atoms with Crippen LogP contribution in [-0.2, 0) is 10.0 Å². The number of piperazine rings is 1. The zero-order chi connectivity index (χ0) is 30.5. The Labute approximate surface area is 238 Å². The SMILES string of the molecule is CCOc1cncc(-c2ccc(C(=O)N3CCN(c4ccc(C(=O)NS(=O)(=O)CCC(F)(F)F)nn4)CC3)cc2F)c1. The van der Waals surface area contributed by atoms with Gasteiger partial charge < -0.3 is 14.5 Å². The van der Waals surface area contributed by atoms with Gasteiger partial charge in [0.05, 0.1) is 25.0 Å². The zero-order valence-corrected chi connectivity index (χ0v) is 23.1. The largest absolute Gasteiger partial charge is 0.492 e. The highest BCUT2D eigenvalue weighted by Crippen LogP contribution is 2.27. The van der Waals surface area contributed by atoms with Gasteiger partial charge in [0.25, 0.3) is 11.8 Å². The van der Waals surface area contributed by atoms with Crippen LogP contribution in [0.25, 0.3) is 11.1 Å². The van der Waals surface area contributed by atoms with E-state index in [1.54, 1.807) is 21.9 Å². The number of halogens is 4. The number of sulfonamides is 1. The lowest BCUT2D eigenvalue weighted by Gasteiger charge is -2.35. The third-order valence-electron chi connectivity index (χ3n) is 6.23. The lowest BCUT2D eigenvalue weighted by Crippen LogP contribution is -2.49. The van der Waals surface area contributed by atoms with Crippen LogP contribution in [-0.4, -0.2) is 85.0 Å². The summed E-state index contributed by atoms with van der Waals surface area (Å²) in [6, 6.07) is 8.50. The van der Waals surface area contributed by atoms with Crippen LogP contribution >= 0.6 is 0 Å². The molecule has 0 bridgehead atoms. The van der Waals surface area contributed by atoms with Gasteiger partial charge in [-0.05, 0) is 37.3 Å². The number of amides is 2. The van der Waals surface area contributed by atoms with E-state index < -0.39 is 45.8 Å². The maximum atomic E-state index is 15.0. The highest BCUT2D eigenvalue weighted by atomic mass is 32.2. The van der Waals surface area contributed by atoms with Crippen LogP contribution in [0.2, 0.25) is 0 Å². The predicted octanol–water partition coefficient (Wildman–Crippen LogP) is 3.05. The molecule has 1 aliphatic heterocycles. The van der Waals surface area contributed by atoms with E-state index in [9.17, 15) is 35.6 Å². The van der Waals surface area contributed by atoms with Crippen molar-refractivity contribution in [2.75, 3.05) is 43.4 Å². The molecule has 4 rings (SSSR count). The second-order valence-corrected chi connectivity index (χ2v) is 11.1. The predicted molar refractivity (Wildman–Crippen MR) is 143 cm³/mol. The average Bonchev–Trinajstić information content (AvgIpc) is 2.96. The van der Waals surface area contributed by atoms with Gasteiger partial charge in [0, 0.05) is 49.1 Å². The fourth-order valence-corrected chi connectivity index (χ4v) is 5.11. The van der Waals surface area contributed by atoms with Crippen molar-refractivity contribution in [3.63, 3.8) is 0 Å². The van der Waals surface area contributed by atoms with Crippen LogP contribution < -0.4 is 14.4 Å². The Bertz CT molecular complexity index is 1550. The summed E-state index contributed by atoms with van der Waals surface area (Å²) in [5, 5.41) is 7.59. The number of nitrogens with one attached hydrogen (secondary N) is 1. The van der Waals surface area contributed by atoms with Crippen molar-refractivity contribution in [2.45, 2.75) is 19.5 Å². The van der Waals surface area contributed by atoms with E-state index in [-0.39, 0.29) is 30.1 Å². The second kappa shape index (κ2) is 12.7. The lowest BCUT2D eigenvalue weighted by molar-refractivity contribution is -0.130. The number of carbonyl (C=O) groups is 2. The highest BCUT2D eigenvalue weighted by Gasteiger charge is 2.31.